The van der Waals surface area contributed by atoms with Crippen molar-refractivity contribution in [3.8, 4) is 0 Å². The van der Waals surface area contributed by atoms with Crippen molar-refractivity contribution in [3.63, 3.8) is 0 Å². The highest BCUT2D eigenvalue weighted by Gasteiger charge is 2.29. The van der Waals surface area contributed by atoms with E-state index in [2.05, 4.69) is 26.0 Å². The van der Waals surface area contributed by atoms with E-state index in [0.717, 1.165) is 17.3 Å². The molecule has 0 spiro atoms. The zero-order valence-electron chi connectivity index (χ0n) is 8.40. The van der Waals surface area contributed by atoms with E-state index in [-0.39, 0.29) is 5.25 Å². The van der Waals surface area contributed by atoms with E-state index >= 15 is 0 Å². The summed E-state index contributed by atoms with van der Waals surface area (Å²) in [7, 11) is -1.24. The zero-order valence-corrected chi connectivity index (χ0v) is 10.8. The van der Waals surface area contributed by atoms with Gasteiger partial charge in [0, 0.05) is 10.2 Å². The number of nitrogens with one attached hydrogen (secondary N) is 2. The second-order valence-electron chi connectivity index (χ2n) is 3.56. The number of anilines is 1. The van der Waals surface area contributed by atoms with Gasteiger partial charge in [-0.15, -0.1) is 0 Å². The molecule has 0 heterocycles. The molecular weight excluding hydrogens is 292 g/mol. The van der Waals surface area contributed by atoms with Gasteiger partial charge in [-0.05, 0) is 37.1 Å². The summed E-state index contributed by atoms with van der Waals surface area (Å²) in [5, 5.41) is 2.77. The van der Waals surface area contributed by atoms with Gasteiger partial charge in [-0.25, -0.2) is 9.00 Å². The summed E-state index contributed by atoms with van der Waals surface area (Å²) >= 11 is 3.30. The molecule has 0 aromatic heterocycles. The molecule has 2 rings (SSSR count). The molecule has 1 aromatic rings. The number of halogens is 1. The van der Waals surface area contributed by atoms with Crippen LogP contribution in [0.25, 0.3) is 0 Å². The van der Waals surface area contributed by atoms with Crippen LogP contribution in [-0.4, -0.2) is 15.5 Å². The second kappa shape index (κ2) is 4.97. The number of carbonyl (C=O) groups excluding carboxylic acids is 1. The van der Waals surface area contributed by atoms with Crippen LogP contribution in [0.3, 0.4) is 0 Å². The third-order valence-corrected chi connectivity index (χ3v) is 4.11. The number of amides is 2. The van der Waals surface area contributed by atoms with Crippen molar-refractivity contribution in [2.75, 3.05) is 5.32 Å². The van der Waals surface area contributed by atoms with Gasteiger partial charge in [-0.1, -0.05) is 15.9 Å². The van der Waals surface area contributed by atoms with Crippen molar-refractivity contribution in [2.24, 2.45) is 0 Å². The van der Waals surface area contributed by atoms with Gasteiger partial charge in [-0.3, -0.25) is 4.72 Å². The Morgan fingerprint density at radius 1 is 1.31 bits per heavy atom. The Hall–Kier alpha value is -0.880. The topological polar surface area (TPSA) is 58.2 Å². The Morgan fingerprint density at radius 3 is 2.50 bits per heavy atom. The normalized spacial score (nSPS) is 16.6. The van der Waals surface area contributed by atoms with Gasteiger partial charge in [0.2, 0.25) is 0 Å². The highest BCUT2D eigenvalue weighted by molar-refractivity contribution is 9.10. The Balaban J connectivity index is 1.86. The van der Waals surface area contributed by atoms with Crippen LogP contribution in [-0.2, 0) is 11.0 Å². The summed E-state index contributed by atoms with van der Waals surface area (Å²) in [6.07, 6.45) is 1.87. The number of benzene rings is 1. The molecule has 1 aliphatic carbocycles. The van der Waals surface area contributed by atoms with Crippen LogP contribution >= 0.6 is 15.9 Å². The highest BCUT2D eigenvalue weighted by atomic mass is 79.9. The average molecular weight is 303 g/mol. The molecule has 1 aromatic carbocycles. The maximum Gasteiger partial charge on any atom is 0.331 e. The maximum absolute atomic E-state index is 11.4. The summed E-state index contributed by atoms with van der Waals surface area (Å²) in [5.41, 5.74) is 0.675. The van der Waals surface area contributed by atoms with Crippen LogP contribution in [0, 0.1) is 0 Å². The number of carbonyl (C=O) groups is 1. The highest BCUT2D eigenvalue weighted by Crippen LogP contribution is 2.24. The SMILES string of the molecule is O=C(Nc1ccc(Br)cc1)N[S@](=O)C1CC1. The fourth-order valence-corrected chi connectivity index (χ4v) is 2.38. The molecule has 0 unspecified atom stereocenters. The van der Waals surface area contributed by atoms with Crippen molar-refractivity contribution in [3.05, 3.63) is 28.7 Å². The first-order valence-corrected chi connectivity index (χ1v) is 6.89. The quantitative estimate of drug-likeness (QED) is 0.901. The smallest absolute Gasteiger partial charge is 0.307 e. The molecule has 0 radical (unpaired) electrons. The van der Waals surface area contributed by atoms with Gasteiger partial charge in [0.05, 0.1) is 5.25 Å². The molecule has 1 saturated carbocycles. The van der Waals surface area contributed by atoms with E-state index in [9.17, 15) is 9.00 Å². The van der Waals surface area contributed by atoms with Gasteiger partial charge in [0.25, 0.3) is 0 Å². The van der Waals surface area contributed by atoms with Gasteiger partial charge >= 0.3 is 6.03 Å². The van der Waals surface area contributed by atoms with Gasteiger partial charge < -0.3 is 5.32 Å². The van der Waals surface area contributed by atoms with Crippen molar-refractivity contribution in [1.29, 1.82) is 0 Å². The van der Waals surface area contributed by atoms with Gasteiger partial charge in [0.1, 0.15) is 11.0 Å². The number of hydrogen-bond donors (Lipinski definition) is 2. The van der Waals surface area contributed by atoms with Crippen LogP contribution < -0.4 is 10.0 Å². The molecule has 0 bridgehead atoms. The second-order valence-corrected chi connectivity index (χ2v) is 5.94. The molecule has 86 valence electrons. The molecule has 1 atom stereocenters. The fourth-order valence-electron chi connectivity index (χ4n) is 1.15. The van der Waals surface area contributed by atoms with Crippen molar-refractivity contribution >= 4 is 38.6 Å². The molecule has 16 heavy (non-hydrogen) atoms. The maximum atomic E-state index is 11.4. The predicted octanol–water partition coefficient (Wildman–Crippen LogP) is 2.40. The van der Waals surface area contributed by atoms with Crippen LogP contribution in [0.5, 0.6) is 0 Å². The first-order valence-electron chi connectivity index (χ1n) is 4.89. The lowest BCUT2D eigenvalue weighted by Gasteiger charge is -2.06. The summed E-state index contributed by atoms with van der Waals surface area (Å²) in [6.45, 7) is 0. The van der Waals surface area contributed by atoms with Crippen molar-refractivity contribution < 1.29 is 9.00 Å². The predicted molar refractivity (Wildman–Crippen MR) is 67.5 cm³/mol. The molecule has 1 fully saturated rings. The Morgan fingerprint density at radius 2 is 1.94 bits per heavy atom. The lowest BCUT2D eigenvalue weighted by molar-refractivity contribution is 0.257. The van der Waals surface area contributed by atoms with Crippen LogP contribution in [0.4, 0.5) is 10.5 Å². The van der Waals surface area contributed by atoms with E-state index in [0.29, 0.717) is 5.69 Å². The largest absolute Gasteiger partial charge is 0.331 e. The number of urea groups is 1. The summed E-state index contributed by atoms with van der Waals surface area (Å²) in [6, 6.07) is 6.77. The van der Waals surface area contributed by atoms with Crippen LogP contribution in [0.15, 0.2) is 28.7 Å². The fraction of sp³-hybridized carbons (Fsp3) is 0.300. The lowest BCUT2D eigenvalue weighted by atomic mass is 10.3. The van der Waals surface area contributed by atoms with E-state index in [1.165, 1.54) is 0 Å². The molecule has 6 heteroatoms. The van der Waals surface area contributed by atoms with Crippen LogP contribution in [0.2, 0.25) is 0 Å². The van der Waals surface area contributed by atoms with E-state index in [1.54, 1.807) is 12.1 Å². The summed E-state index contributed by atoms with van der Waals surface area (Å²) in [5.74, 6) is 0. The molecule has 0 aliphatic heterocycles. The standard InChI is InChI=1S/C10H11BrN2O2S/c11-7-1-3-8(4-2-7)12-10(14)13-16(15)9-5-6-9/h1-4,9H,5-6H2,(H2,12,13,14)/t16-/m1/s1. The zero-order chi connectivity index (χ0) is 11.5. The Kier molecular flexibility index (Phi) is 3.60. The summed E-state index contributed by atoms with van der Waals surface area (Å²) < 4.78 is 14.8. The molecule has 0 saturated heterocycles. The average Bonchev–Trinajstić information content (AvgIpc) is 3.04. The molecule has 1 aliphatic rings. The monoisotopic (exact) mass is 302 g/mol. The van der Waals surface area contributed by atoms with Crippen LogP contribution in [0.1, 0.15) is 12.8 Å². The van der Waals surface area contributed by atoms with Crippen molar-refractivity contribution in [2.45, 2.75) is 18.1 Å². The molecule has 4 nitrogen and oxygen atoms in total. The third-order valence-electron chi connectivity index (χ3n) is 2.12. The Labute approximate surface area is 105 Å². The van der Waals surface area contributed by atoms with E-state index < -0.39 is 17.0 Å². The minimum atomic E-state index is -1.24. The molecule has 2 amide bonds. The number of rotatable bonds is 3. The molecule has 2 N–H and O–H groups in total. The first kappa shape index (κ1) is 11.6. The van der Waals surface area contributed by atoms with E-state index in [1.807, 2.05) is 12.1 Å². The first-order chi connectivity index (χ1) is 7.65. The minimum absolute atomic E-state index is 0.149. The Bertz CT molecular complexity index is 417. The van der Waals surface area contributed by atoms with Gasteiger partial charge in [0.15, 0.2) is 0 Å². The lowest BCUT2D eigenvalue weighted by Crippen LogP contribution is -2.32. The molecular formula is C10H11BrN2O2S. The van der Waals surface area contributed by atoms with Crippen molar-refractivity contribution in [1.82, 2.24) is 4.72 Å². The van der Waals surface area contributed by atoms with Gasteiger partial charge in [-0.2, -0.15) is 0 Å². The third kappa shape index (κ3) is 3.31. The summed E-state index contributed by atoms with van der Waals surface area (Å²) in [4.78, 5) is 11.4. The minimum Gasteiger partial charge on any atom is -0.307 e. The van der Waals surface area contributed by atoms with E-state index in [4.69, 9.17) is 0 Å². The number of hydrogen-bond acceptors (Lipinski definition) is 2.